The van der Waals surface area contributed by atoms with E-state index in [2.05, 4.69) is 58.9 Å². The van der Waals surface area contributed by atoms with Crippen LogP contribution in [0.2, 0.25) is 0 Å². The maximum atomic E-state index is 14.1. The molecule has 0 bridgehead atoms. The monoisotopic (exact) mass is 649 g/mol. The van der Waals surface area contributed by atoms with Gasteiger partial charge in [-0.15, -0.1) is 11.3 Å². The van der Waals surface area contributed by atoms with Crippen LogP contribution < -0.4 is 0 Å². The van der Waals surface area contributed by atoms with Crippen molar-refractivity contribution in [2.45, 2.75) is 77.3 Å². The number of pyridine rings is 1. The minimum atomic E-state index is -0.962. The molecule has 1 aliphatic carbocycles. The number of carbonyl (C=O) groups is 2. The van der Waals surface area contributed by atoms with Gasteiger partial charge in [-0.25, -0.2) is 14.8 Å². The van der Waals surface area contributed by atoms with Crippen molar-refractivity contribution in [1.29, 1.82) is 0 Å². The average Bonchev–Trinajstić information content (AvgIpc) is 3.59. The van der Waals surface area contributed by atoms with Gasteiger partial charge in [0.15, 0.2) is 0 Å². The summed E-state index contributed by atoms with van der Waals surface area (Å²) < 4.78 is 2.12. The molecule has 8 nitrogen and oxygen atoms in total. The van der Waals surface area contributed by atoms with Gasteiger partial charge in [0.05, 0.1) is 43.6 Å². The first-order valence-corrected chi connectivity index (χ1v) is 17.7. The van der Waals surface area contributed by atoms with Gasteiger partial charge in [-0.1, -0.05) is 37.5 Å². The molecule has 5 aromatic rings. The normalized spacial score (nSPS) is 16.5. The molecule has 244 valence electrons. The fraction of sp³-hybridized carbons (Fsp3) is 0.421. The highest BCUT2D eigenvalue weighted by Crippen LogP contribution is 2.45. The van der Waals surface area contributed by atoms with E-state index in [-0.39, 0.29) is 18.0 Å². The van der Waals surface area contributed by atoms with Crippen molar-refractivity contribution in [1.82, 2.24) is 24.3 Å². The first-order chi connectivity index (χ1) is 22.7. The lowest BCUT2D eigenvalue weighted by atomic mass is 9.81. The quantitative estimate of drug-likeness (QED) is 0.193. The van der Waals surface area contributed by atoms with Crippen LogP contribution in [0.4, 0.5) is 0 Å². The Bertz CT molecular complexity index is 1980. The van der Waals surface area contributed by atoms with Crippen LogP contribution >= 0.6 is 11.3 Å². The number of carbonyl (C=O) groups excluding carboxylic acids is 1. The molecule has 1 N–H and O–H groups in total. The summed E-state index contributed by atoms with van der Waals surface area (Å²) >= 11 is 1.66. The van der Waals surface area contributed by atoms with Crippen LogP contribution in [0.5, 0.6) is 0 Å². The Hall–Kier alpha value is -4.08. The third-order valence-corrected chi connectivity index (χ3v) is 11.4. The zero-order valence-electron chi connectivity index (χ0n) is 27.8. The topological polar surface area (TPSA) is 91.6 Å². The summed E-state index contributed by atoms with van der Waals surface area (Å²) in [6.45, 7) is 5.69. The second-order valence-corrected chi connectivity index (χ2v) is 14.8. The number of piperidine rings is 1. The first-order valence-electron chi connectivity index (χ1n) is 16.9. The van der Waals surface area contributed by atoms with Gasteiger partial charge in [0.2, 0.25) is 5.91 Å². The maximum Gasteiger partial charge on any atom is 0.335 e. The maximum absolute atomic E-state index is 14.1. The van der Waals surface area contributed by atoms with Crippen LogP contribution in [0.3, 0.4) is 0 Å². The van der Waals surface area contributed by atoms with Crippen LogP contribution in [-0.2, 0) is 11.3 Å². The van der Waals surface area contributed by atoms with E-state index in [9.17, 15) is 14.7 Å². The third kappa shape index (κ3) is 6.07. The molecule has 0 radical (unpaired) electrons. The van der Waals surface area contributed by atoms with E-state index in [1.54, 1.807) is 23.5 Å². The molecule has 3 aromatic heterocycles. The summed E-state index contributed by atoms with van der Waals surface area (Å²) in [5.41, 5.74) is 7.20. The van der Waals surface area contributed by atoms with E-state index in [1.165, 1.54) is 24.8 Å². The summed E-state index contributed by atoms with van der Waals surface area (Å²) in [7, 11) is 4.21. The van der Waals surface area contributed by atoms with Gasteiger partial charge in [-0.2, -0.15) is 0 Å². The van der Waals surface area contributed by atoms with Crippen molar-refractivity contribution in [3.8, 4) is 21.8 Å². The molecule has 4 heterocycles. The van der Waals surface area contributed by atoms with Gasteiger partial charge in [0.1, 0.15) is 6.54 Å². The molecule has 47 heavy (non-hydrogen) atoms. The Morgan fingerprint density at radius 3 is 2.38 bits per heavy atom. The van der Waals surface area contributed by atoms with Crippen molar-refractivity contribution in [3.05, 3.63) is 70.4 Å². The fourth-order valence-electron chi connectivity index (χ4n) is 7.82. The van der Waals surface area contributed by atoms with Gasteiger partial charge in [0, 0.05) is 29.9 Å². The molecule has 1 saturated carbocycles. The lowest BCUT2D eigenvalue weighted by molar-refractivity contribution is -0.133. The first kappa shape index (κ1) is 31.5. The number of hydrogen-bond donors (Lipinski definition) is 1. The van der Waals surface area contributed by atoms with E-state index in [0.717, 1.165) is 93.1 Å². The fourth-order valence-corrected chi connectivity index (χ4v) is 8.71. The molecular weight excluding hydrogens is 607 g/mol. The van der Waals surface area contributed by atoms with E-state index < -0.39 is 5.97 Å². The highest BCUT2D eigenvalue weighted by molar-refractivity contribution is 7.15. The number of aromatic nitrogens is 3. The molecule has 1 saturated heterocycles. The van der Waals surface area contributed by atoms with Gasteiger partial charge in [-0.05, 0) is 101 Å². The molecule has 2 fully saturated rings. The zero-order valence-corrected chi connectivity index (χ0v) is 28.6. The highest BCUT2D eigenvalue weighted by Gasteiger charge is 2.30. The molecule has 2 aliphatic rings. The van der Waals surface area contributed by atoms with Crippen molar-refractivity contribution < 1.29 is 14.7 Å². The lowest BCUT2D eigenvalue weighted by Gasteiger charge is -2.35. The van der Waals surface area contributed by atoms with Crippen molar-refractivity contribution in [2.24, 2.45) is 0 Å². The highest BCUT2D eigenvalue weighted by atomic mass is 32.1. The van der Waals surface area contributed by atoms with Gasteiger partial charge < -0.3 is 19.5 Å². The number of amides is 1. The van der Waals surface area contributed by atoms with E-state index >= 15 is 0 Å². The molecule has 7 rings (SSSR count). The second-order valence-electron chi connectivity index (χ2n) is 13.5. The minimum absolute atomic E-state index is 0.0820. The summed E-state index contributed by atoms with van der Waals surface area (Å²) in [6, 6.07) is 16.6. The summed E-state index contributed by atoms with van der Waals surface area (Å²) in [6.07, 6.45) is 7.66. The Labute approximate surface area is 280 Å². The number of rotatable bonds is 7. The number of nitrogens with zero attached hydrogens (tertiary/aromatic N) is 5. The molecular formula is C38H43N5O3S. The molecule has 0 atom stereocenters. The Balaban J connectivity index is 1.37. The van der Waals surface area contributed by atoms with Gasteiger partial charge in [-0.3, -0.25) is 4.79 Å². The van der Waals surface area contributed by atoms with Crippen LogP contribution in [0.1, 0.15) is 77.5 Å². The SMILES string of the molecule is Cc1nc(C)c(-c2ccc3cc(-c4c(C5CCCCC5)c5ccc(C(=O)O)cc5n4CC(=O)N4CCC(N(C)C)CC4)ccc3n2)s1. The van der Waals surface area contributed by atoms with Crippen molar-refractivity contribution in [2.75, 3.05) is 27.2 Å². The summed E-state index contributed by atoms with van der Waals surface area (Å²) in [5, 5.41) is 13.1. The number of hydrogen-bond acceptors (Lipinski definition) is 6. The molecule has 1 aliphatic heterocycles. The number of fused-ring (bicyclic) bond motifs is 2. The largest absolute Gasteiger partial charge is 0.478 e. The number of thiazole rings is 1. The second kappa shape index (κ2) is 12.8. The predicted octanol–water partition coefficient (Wildman–Crippen LogP) is 7.90. The smallest absolute Gasteiger partial charge is 0.335 e. The van der Waals surface area contributed by atoms with Gasteiger partial charge >= 0.3 is 5.97 Å². The van der Waals surface area contributed by atoms with Crippen LogP contribution in [0.15, 0.2) is 48.5 Å². The molecule has 9 heteroatoms. The van der Waals surface area contributed by atoms with Crippen molar-refractivity contribution >= 4 is 45.0 Å². The van der Waals surface area contributed by atoms with E-state index in [1.807, 2.05) is 24.8 Å². The Morgan fingerprint density at radius 2 is 1.70 bits per heavy atom. The third-order valence-electron chi connectivity index (χ3n) is 10.3. The lowest BCUT2D eigenvalue weighted by Crippen LogP contribution is -2.45. The summed E-state index contributed by atoms with van der Waals surface area (Å²) in [5.74, 6) is -0.534. The van der Waals surface area contributed by atoms with Gasteiger partial charge in [0.25, 0.3) is 0 Å². The zero-order chi connectivity index (χ0) is 32.8. The number of benzene rings is 2. The molecule has 2 aromatic carbocycles. The Morgan fingerprint density at radius 1 is 0.936 bits per heavy atom. The van der Waals surface area contributed by atoms with E-state index in [4.69, 9.17) is 4.98 Å². The minimum Gasteiger partial charge on any atom is -0.478 e. The number of aromatic carboxylic acids is 1. The van der Waals surface area contributed by atoms with Crippen LogP contribution in [0, 0.1) is 13.8 Å². The van der Waals surface area contributed by atoms with Crippen LogP contribution in [-0.4, -0.2) is 74.5 Å². The average molecular weight is 650 g/mol. The Kier molecular flexibility index (Phi) is 8.61. The number of carboxylic acids is 1. The molecule has 1 amide bonds. The standard InChI is InChI=1S/C38H43N5O3S/c1-23-37(47-24(2)39-23)32-15-11-26-20-27(12-14-31(26)40-32)36-35(25-8-6-5-7-9-25)30-13-10-28(38(45)46)21-33(30)43(36)22-34(44)42-18-16-29(17-19-42)41(3)4/h10-15,20-21,25,29H,5-9,16-19,22H2,1-4H3,(H,45,46). The molecule has 0 spiro atoms. The summed E-state index contributed by atoms with van der Waals surface area (Å²) in [4.78, 5) is 41.2. The van der Waals surface area contributed by atoms with E-state index in [0.29, 0.717) is 12.0 Å². The predicted molar refractivity (Wildman–Crippen MR) is 189 cm³/mol. The van der Waals surface area contributed by atoms with Crippen LogP contribution in [0.25, 0.3) is 43.6 Å². The van der Waals surface area contributed by atoms with Crippen molar-refractivity contribution in [3.63, 3.8) is 0 Å². The number of aryl methyl sites for hydroxylation is 2. The molecule has 0 unspecified atom stereocenters. The number of carboxylic acid groups (broad SMARTS) is 1. The number of likely N-dealkylation sites (tertiary alicyclic amines) is 1.